The first-order chi connectivity index (χ1) is 5.66. The molecule has 0 aliphatic heterocycles. The van der Waals surface area contributed by atoms with Crippen LogP contribution in [0.4, 0.5) is 0 Å². The maximum Gasteiger partial charge on any atom is 0.155 e. The lowest BCUT2D eigenvalue weighted by atomic mass is 9.98. The summed E-state index contributed by atoms with van der Waals surface area (Å²) in [4.78, 5) is 11.1. The van der Waals surface area contributed by atoms with Crippen LogP contribution in [0.25, 0.3) is 0 Å². The Kier molecular flexibility index (Phi) is 2.85. The highest BCUT2D eigenvalue weighted by atomic mass is 16.1. The van der Waals surface area contributed by atoms with Crippen LogP contribution in [0, 0.1) is 5.92 Å². The second-order valence-corrected chi connectivity index (χ2v) is 3.48. The zero-order chi connectivity index (χ0) is 9.14. The number of carbonyl (C=O) groups is 1. The van der Waals surface area contributed by atoms with Crippen LogP contribution in [-0.2, 0) is 4.79 Å². The number of hydrogen-bond acceptors (Lipinski definition) is 1. The summed E-state index contributed by atoms with van der Waals surface area (Å²) < 4.78 is 0. The Hall–Kier alpha value is -0.850. The summed E-state index contributed by atoms with van der Waals surface area (Å²) >= 11 is 0. The number of Topliss-reactive ketones (excluding diaryl/α,β-unsaturated/α-hetero) is 1. The summed E-state index contributed by atoms with van der Waals surface area (Å²) in [7, 11) is 0. The third-order valence-electron chi connectivity index (χ3n) is 2.71. The number of hydrogen-bond donors (Lipinski definition) is 0. The maximum atomic E-state index is 11.1. The third kappa shape index (κ3) is 1.66. The predicted molar refractivity (Wildman–Crippen MR) is 50.9 cm³/mol. The van der Waals surface area contributed by atoms with Gasteiger partial charge >= 0.3 is 0 Å². The van der Waals surface area contributed by atoms with E-state index in [0.717, 1.165) is 24.8 Å². The highest BCUT2D eigenvalue weighted by molar-refractivity contribution is 5.94. The molecule has 0 radical (unpaired) electrons. The molecule has 0 aromatic carbocycles. The Labute approximate surface area is 74.2 Å². The van der Waals surface area contributed by atoms with Crippen LogP contribution >= 0.6 is 0 Å². The van der Waals surface area contributed by atoms with Gasteiger partial charge in [0, 0.05) is 0 Å². The van der Waals surface area contributed by atoms with Crippen molar-refractivity contribution < 1.29 is 4.79 Å². The van der Waals surface area contributed by atoms with Crippen molar-refractivity contribution in [2.45, 2.75) is 33.1 Å². The van der Waals surface area contributed by atoms with E-state index in [1.807, 2.05) is 6.08 Å². The van der Waals surface area contributed by atoms with Crippen LogP contribution in [0.2, 0.25) is 0 Å². The highest BCUT2D eigenvalue weighted by Crippen LogP contribution is 2.34. The molecule has 12 heavy (non-hydrogen) atoms. The van der Waals surface area contributed by atoms with Crippen molar-refractivity contribution in [3.63, 3.8) is 0 Å². The van der Waals surface area contributed by atoms with E-state index in [4.69, 9.17) is 0 Å². The van der Waals surface area contributed by atoms with Gasteiger partial charge in [0.2, 0.25) is 0 Å². The standard InChI is InChI=1S/C11H16O/c1-4-5-10-6-7-11(8(10)2)9(3)12/h4,10H,1,5-7H2,2-3H3. The normalized spacial score (nSPS) is 23.0. The van der Waals surface area contributed by atoms with Gasteiger partial charge in [-0.15, -0.1) is 6.58 Å². The van der Waals surface area contributed by atoms with Crippen molar-refractivity contribution in [1.29, 1.82) is 0 Å². The van der Waals surface area contributed by atoms with E-state index in [1.54, 1.807) is 6.92 Å². The fraction of sp³-hybridized carbons (Fsp3) is 0.545. The van der Waals surface area contributed by atoms with E-state index >= 15 is 0 Å². The SMILES string of the molecule is C=CCC1CCC(C(C)=O)=C1C. The molecule has 1 atom stereocenters. The number of ketones is 1. The molecule has 1 unspecified atom stereocenters. The molecule has 0 aromatic rings. The molecule has 0 heterocycles. The van der Waals surface area contributed by atoms with Crippen LogP contribution in [0.5, 0.6) is 0 Å². The first kappa shape index (κ1) is 9.24. The molecule has 1 rings (SSSR count). The van der Waals surface area contributed by atoms with Gasteiger partial charge in [0.05, 0.1) is 0 Å². The molecule has 1 heteroatoms. The minimum atomic E-state index is 0.249. The summed E-state index contributed by atoms with van der Waals surface area (Å²) in [5.41, 5.74) is 2.35. The van der Waals surface area contributed by atoms with Gasteiger partial charge in [-0.2, -0.15) is 0 Å². The lowest BCUT2D eigenvalue weighted by Gasteiger charge is -2.07. The highest BCUT2D eigenvalue weighted by Gasteiger charge is 2.22. The van der Waals surface area contributed by atoms with Crippen LogP contribution in [0.3, 0.4) is 0 Å². The average molecular weight is 164 g/mol. The van der Waals surface area contributed by atoms with Gasteiger partial charge in [-0.25, -0.2) is 0 Å². The molecule has 0 saturated carbocycles. The largest absolute Gasteiger partial charge is 0.295 e. The molecule has 1 aliphatic rings. The molecule has 1 aliphatic carbocycles. The Bertz CT molecular complexity index is 235. The van der Waals surface area contributed by atoms with Crippen molar-refractivity contribution in [3.05, 3.63) is 23.8 Å². The summed E-state index contributed by atoms with van der Waals surface area (Å²) in [5.74, 6) is 0.834. The first-order valence-electron chi connectivity index (χ1n) is 4.48. The average Bonchev–Trinajstić information content (AvgIpc) is 2.34. The van der Waals surface area contributed by atoms with E-state index in [2.05, 4.69) is 13.5 Å². The predicted octanol–water partition coefficient (Wildman–Crippen LogP) is 2.88. The van der Waals surface area contributed by atoms with E-state index in [-0.39, 0.29) is 5.78 Å². The smallest absolute Gasteiger partial charge is 0.155 e. The number of allylic oxidation sites excluding steroid dienone is 3. The zero-order valence-corrected chi connectivity index (χ0v) is 7.89. The summed E-state index contributed by atoms with van der Waals surface area (Å²) in [5, 5.41) is 0. The Morgan fingerprint density at radius 2 is 2.42 bits per heavy atom. The second-order valence-electron chi connectivity index (χ2n) is 3.48. The van der Waals surface area contributed by atoms with Crippen LogP contribution < -0.4 is 0 Å². The van der Waals surface area contributed by atoms with E-state index in [0.29, 0.717) is 5.92 Å². The van der Waals surface area contributed by atoms with Gasteiger partial charge in [-0.1, -0.05) is 11.6 Å². The molecule has 0 aromatic heterocycles. The van der Waals surface area contributed by atoms with Gasteiger partial charge in [-0.05, 0) is 44.6 Å². The van der Waals surface area contributed by atoms with Gasteiger partial charge in [0.15, 0.2) is 5.78 Å². The van der Waals surface area contributed by atoms with Gasteiger partial charge in [0.1, 0.15) is 0 Å². The molecule has 66 valence electrons. The Balaban J connectivity index is 2.76. The van der Waals surface area contributed by atoms with Gasteiger partial charge < -0.3 is 0 Å². The monoisotopic (exact) mass is 164 g/mol. The molecule has 0 amide bonds. The lowest BCUT2D eigenvalue weighted by molar-refractivity contribution is -0.113. The maximum absolute atomic E-state index is 11.1. The van der Waals surface area contributed by atoms with Crippen LogP contribution in [-0.4, -0.2) is 5.78 Å². The lowest BCUT2D eigenvalue weighted by Crippen LogP contribution is -1.97. The molecule has 0 bridgehead atoms. The van der Waals surface area contributed by atoms with Crippen molar-refractivity contribution in [1.82, 2.24) is 0 Å². The summed E-state index contributed by atoms with van der Waals surface area (Å²) in [6.07, 6.45) is 5.06. The van der Waals surface area contributed by atoms with Crippen LogP contribution in [0.1, 0.15) is 33.1 Å². The molecule has 0 N–H and O–H groups in total. The van der Waals surface area contributed by atoms with Gasteiger partial charge in [0.25, 0.3) is 0 Å². The van der Waals surface area contributed by atoms with Gasteiger partial charge in [-0.3, -0.25) is 4.79 Å². The fourth-order valence-electron chi connectivity index (χ4n) is 1.93. The molecule has 1 nitrogen and oxygen atoms in total. The molecular weight excluding hydrogens is 148 g/mol. The topological polar surface area (TPSA) is 17.1 Å². The van der Waals surface area contributed by atoms with E-state index < -0.39 is 0 Å². The molecular formula is C11H16O. The first-order valence-corrected chi connectivity index (χ1v) is 4.48. The Morgan fingerprint density at radius 3 is 2.83 bits per heavy atom. The molecule has 0 fully saturated rings. The molecule has 0 spiro atoms. The van der Waals surface area contributed by atoms with Crippen molar-refractivity contribution in [2.24, 2.45) is 5.92 Å². The summed E-state index contributed by atoms with van der Waals surface area (Å²) in [6, 6.07) is 0. The van der Waals surface area contributed by atoms with E-state index in [9.17, 15) is 4.79 Å². The second kappa shape index (κ2) is 3.70. The minimum absolute atomic E-state index is 0.249. The Morgan fingerprint density at radius 1 is 1.75 bits per heavy atom. The summed E-state index contributed by atoms with van der Waals surface area (Å²) in [6.45, 7) is 7.46. The van der Waals surface area contributed by atoms with Crippen molar-refractivity contribution in [2.75, 3.05) is 0 Å². The quantitative estimate of drug-likeness (QED) is 0.586. The van der Waals surface area contributed by atoms with Crippen LogP contribution in [0.15, 0.2) is 23.8 Å². The number of carbonyl (C=O) groups excluding carboxylic acids is 1. The fourth-order valence-corrected chi connectivity index (χ4v) is 1.93. The van der Waals surface area contributed by atoms with Crippen molar-refractivity contribution in [3.8, 4) is 0 Å². The van der Waals surface area contributed by atoms with E-state index in [1.165, 1.54) is 5.57 Å². The number of rotatable bonds is 3. The minimum Gasteiger partial charge on any atom is -0.295 e. The zero-order valence-electron chi connectivity index (χ0n) is 7.89. The van der Waals surface area contributed by atoms with Crippen molar-refractivity contribution >= 4 is 5.78 Å². The molecule has 0 saturated heterocycles. The third-order valence-corrected chi connectivity index (χ3v) is 2.71.